The highest BCUT2D eigenvalue weighted by Crippen LogP contribution is 2.28. The van der Waals surface area contributed by atoms with Crippen LogP contribution in [0.3, 0.4) is 0 Å². The standard InChI is InChI=1S/C16H18N2O6/c1-9-7-18(16(22)17-14(9)21)15-13(20)12(19)11(24-15)8-23-10-5-3-2-4-6-10/h2-7,11-13,15,19-20H,8H2,1H3,(H,17,21,22)/t11-,12-,13-,15-/m1/s1. The number of aliphatic hydroxyl groups is 2. The number of nitrogens with one attached hydrogen (secondary N) is 1. The molecular weight excluding hydrogens is 316 g/mol. The predicted octanol–water partition coefficient (Wildman–Crippen LogP) is -0.457. The van der Waals surface area contributed by atoms with Gasteiger partial charge >= 0.3 is 5.69 Å². The molecule has 24 heavy (non-hydrogen) atoms. The van der Waals surface area contributed by atoms with Crippen molar-refractivity contribution in [2.45, 2.75) is 31.5 Å². The maximum Gasteiger partial charge on any atom is 0.330 e. The molecule has 1 aliphatic rings. The fraction of sp³-hybridized carbons (Fsp3) is 0.375. The molecule has 0 radical (unpaired) electrons. The molecule has 1 aliphatic heterocycles. The minimum absolute atomic E-state index is 0.00975. The first-order valence-corrected chi connectivity index (χ1v) is 7.49. The van der Waals surface area contributed by atoms with E-state index in [0.717, 1.165) is 4.57 Å². The fourth-order valence-corrected chi connectivity index (χ4v) is 2.57. The van der Waals surface area contributed by atoms with E-state index in [1.807, 2.05) is 18.2 Å². The van der Waals surface area contributed by atoms with Gasteiger partial charge in [0.25, 0.3) is 5.56 Å². The van der Waals surface area contributed by atoms with Crippen molar-refractivity contribution in [3.05, 3.63) is 62.9 Å². The largest absolute Gasteiger partial charge is 0.491 e. The quantitative estimate of drug-likeness (QED) is 0.697. The highest BCUT2D eigenvalue weighted by atomic mass is 16.6. The molecule has 1 saturated heterocycles. The van der Waals surface area contributed by atoms with Crippen LogP contribution in [-0.2, 0) is 4.74 Å². The number of para-hydroxylation sites is 1. The number of aromatic nitrogens is 2. The molecule has 0 saturated carbocycles. The number of hydrogen-bond donors (Lipinski definition) is 3. The van der Waals surface area contributed by atoms with Crippen LogP contribution in [0.2, 0.25) is 0 Å². The molecule has 1 aromatic carbocycles. The van der Waals surface area contributed by atoms with E-state index in [4.69, 9.17) is 9.47 Å². The number of H-pyrrole nitrogens is 1. The van der Waals surface area contributed by atoms with E-state index >= 15 is 0 Å². The van der Waals surface area contributed by atoms with Gasteiger partial charge < -0.3 is 19.7 Å². The van der Waals surface area contributed by atoms with Crippen LogP contribution in [0.1, 0.15) is 11.8 Å². The van der Waals surface area contributed by atoms with Gasteiger partial charge in [-0.15, -0.1) is 0 Å². The maximum absolute atomic E-state index is 11.9. The van der Waals surface area contributed by atoms with Crippen molar-refractivity contribution in [1.82, 2.24) is 9.55 Å². The summed E-state index contributed by atoms with van der Waals surface area (Å²) in [4.78, 5) is 25.5. The number of benzene rings is 1. The average molecular weight is 334 g/mol. The van der Waals surface area contributed by atoms with Gasteiger partial charge in [-0.05, 0) is 19.1 Å². The zero-order valence-electron chi connectivity index (χ0n) is 13.0. The van der Waals surface area contributed by atoms with Crippen LogP contribution in [-0.4, -0.2) is 44.7 Å². The van der Waals surface area contributed by atoms with Gasteiger partial charge in [0, 0.05) is 11.8 Å². The number of nitrogens with zero attached hydrogens (tertiary/aromatic N) is 1. The Morgan fingerprint density at radius 3 is 2.62 bits per heavy atom. The summed E-state index contributed by atoms with van der Waals surface area (Å²) >= 11 is 0. The lowest BCUT2D eigenvalue weighted by Gasteiger charge is -2.17. The summed E-state index contributed by atoms with van der Waals surface area (Å²) in [5.74, 6) is 0.600. The Morgan fingerprint density at radius 1 is 1.21 bits per heavy atom. The first-order chi connectivity index (χ1) is 11.5. The smallest absolute Gasteiger partial charge is 0.330 e. The molecule has 0 unspecified atom stereocenters. The van der Waals surface area contributed by atoms with Crippen molar-refractivity contribution in [3.63, 3.8) is 0 Å². The molecule has 1 aromatic heterocycles. The predicted molar refractivity (Wildman–Crippen MR) is 83.9 cm³/mol. The second-order valence-corrected chi connectivity index (χ2v) is 5.65. The lowest BCUT2D eigenvalue weighted by Crippen LogP contribution is -2.38. The maximum atomic E-state index is 11.9. The van der Waals surface area contributed by atoms with Crippen molar-refractivity contribution < 1.29 is 19.7 Å². The van der Waals surface area contributed by atoms with Crippen LogP contribution >= 0.6 is 0 Å². The minimum atomic E-state index is -1.32. The van der Waals surface area contributed by atoms with Gasteiger partial charge in [0.05, 0.1) is 0 Å². The van der Waals surface area contributed by atoms with Gasteiger partial charge in [0.2, 0.25) is 0 Å². The van der Waals surface area contributed by atoms with E-state index in [0.29, 0.717) is 11.3 Å². The van der Waals surface area contributed by atoms with Crippen molar-refractivity contribution in [1.29, 1.82) is 0 Å². The summed E-state index contributed by atoms with van der Waals surface area (Å²) in [6, 6.07) is 8.97. The van der Waals surface area contributed by atoms with Gasteiger partial charge in [-0.1, -0.05) is 18.2 Å². The van der Waals surface area contributed by atoms with Crippen LogP contribution in [0, 0.1) is 6.92 Å². The molecule has 0 amide bonds. The molecule has 2 heterocycles. The Labute approximate surface area is 136 Å². The third-order valence-electron chi connectivity index (χ3n) is 3.91. The molecule has 3 N–H and O–H groups in total. The van der Waals surface area contributed by atoms with E-state index < -0.39 is 35.8 Å². The van der Waals surface area contributed by atoms with Crippen LogP contribution in [0.5, 0.6) is 5.75 Å². The van der Waals surface area contributed by atoms with E-state index in [9.17, 15) is 19.8 Å². The number of aromatic amines is 1. The second-order valence-electron chi connectivity index (χ2n) is 5.65. The minimum Gasteiger partial charge on any atom is -0.491 e. The zero-order valence-corrected chi connectivity index (χ0v) is 13.0. The van der Waals surface area contributed by atoms with Crippen LogP contribution in [0.4, 0.5) is 0 Å². The topological polar surface area (TPSA) is 114 Å². The number of ether oxygens (including phenoxy) is 2. The number of rotatable bonds is 4. The zero-order chi connectivity index (χ0) is 17.3. The molecule has 1 fully saturated rings. The summed E-state index contributed by atoms with van der Waals surface area (Å²) < 4.78 is 12.2. The van der Waals surface area contributed by atoms with Crippen LogP contribution < -0.4 is 16.0 Å². The third kappa shape index (κ3) is 3.12. The Balaban J connectivity index is 1.77. The van der Waals surface area contributed by atoms with Gasteiger partial charge in [0.15, 0.2) is 6.23 Å². The molecule has 2 aromatic rings. The Kier molecular flexibility index (Phi) is 4.52. The summed E-state index contributed by atoms with van der Waals surface area (Å²) in [5.41, 5.74) is -0.927. The molecule has 0 aliphatic carbocycles. The highest BCUT2D eigenvalue weighted by Gasteiger charge is 2.44. The van der Waals surface area contributed by atoms with Crippen molar-refractivity contribution >= 4 is 0 Å². The summed E-state index contributed by atoms with van der Waals surface area (Å²) in [6.07, 6.45) is -3.17. The first-order valence-electron chi connectivity index (χ1n) is 7.49. The number of aryl methyl sites for hydroxylation is 1. The molecule has 0 spiro atoms. The Hall–Kier alpha value is -2.42. The van der Waals surface area contributed by atoms with Crippen molar-refractivity contribution in [3.8, 4) is 5.75 Å². The van der Waals surface area contributed by atoms with E-state index in [-0.39, 0.29) is 6.61 Å². The molecule has 4 atom stereocenters. The Bertz CT molecular complexity index is 815. The molecule has 8 nitrogen and oxygen atoms in total. The SMILES string of the molecule is Cc1cn([C@@H]2O[C@H](COc3ccccc3)[C@@H](O)[C@H]2O)c(=O)[nH]c1=O. The lowest BCUT2D eigenvalue weighted by molar-refractivity contribution is -0.0516. The summed E-state index contributed by atoms with van der Waals surface area (Å²) in [5, 5.41) is 20.3. The summed E-state index contributed by atoms with van der Waals surface area (Å²) in [7, 11) is 0. The van der Waals surface area contributed by atoms with Crippen molar-refractivity contribution in [2.24, 2.45) is 0 Å². The average Bonchev–Trinajstić information content (AvgIpc) is 2.85. The second kappa shape index (κ2) is 6.60. The van der Waals surface area contributed by atoms with Crippen molar-refractivity contribution in [2.75, 3.05) is 6.61 Å². The molecule has 128 valence electrons. The first kappa shape index (κ1) is 16.4. The van der Waals surface area contributed by atoms with E-state index in [2.05, 4.69) is 4.98 Å². The van der Waals surface area contributed by atoms with Gasteiger partial charge in [-0.3, -0.25) is 14.3 Å². The molecule has 0 bridgehead atoms. The molecule has 8 heteroatoms. The van der Waals surface area contributed by atoms with Gasteiger partial charge in [-0.2, -0.15) is 0 Å². The number of aliphatic hydroxyl groups excluding tert-OH is 2. The normalized spacial score (nSPS) is 26.5. The molecule has 3 rings (SSSR count). The van der Waals surface area contributed by atoms with Gasteiger partial charge in [0.1, 0.15) is 30.7 Å². The third-order valence-corrected chi connectivity index (χ3v) is 3.91. The highest BCUT2D eigenvalue weighted by molar-refractivity contribution is 5.21. The monoisotopic (exact) mass is 334 g/mol. The lowest BCUT2D eigenvalue weighted by atomic mass is 10.1. The molecular formula is C16H18N2O6. The Morgan fingerprint density at radius 2 is 1.92 bits per heavy atom. The van der Waals surface area contributed by atoms with E-state index in [1.54, 1.807) is 12.1 Å². The fourth-order valence-electron chi connectivity index (χ4n) is 2.57. The van der Waals surface area contributed by atoms with E-state index in [1.165, 1.54) is 13.1 Å². The number of hydrogen-bond acceptors (Lipinski definition) is 6. The van der Waals surface area contributed by atoms with Gasteiger partial charge in [-0.25, -0.2) is 4.79 Å². The summed E-state index contributed by atoms with van der Waals surface area (Å²) in [6.45, 7) is 1.54. The van der Waals surface area contributed by atoms with Crippen LogP contribution in [0.15, 0.2) is 46.1 Å². The van der Waals surface area contributed by atoms with Crippen LogP contribution in [0.25, 0.3) is 0 Å².